The highest BCUT2D eigenvalue weighted by Crippen LogP contribution is 2.30. The van der Waals surface area contributed by atoms with Crippen molar-refractivity contribution in [2.24, 2.45) is 0 Å². The van der Waals surface area contributed by atoms with Crippen LogP contribution in [0.1, 0.15) is 25.7 Å². The molecule has 0 aliphatic rings. The molecular weight excluding hydrogens is 407 g/mol. The molecule has 0 fully saturated rings. The molecule has 0 bridgehead atoms. The first-order chi connectivity index (χ1) is 14.8. The van der Waals surface area contributed by atoms with Crippen molar-refractivity contribution in [1.29, 1.82) is 0 Å². The van der Waals surface area contributed by atoms with E-state index in [0.717, 1.165) is 38.3 Å². The predicted octanol–water partition coefficient (Wildman–Crippen LogP) is 4.99. The Kier molecular flexibility index (Phi) is 7.22. The van der Waals surface area contributed by atoms with Crippen molar-refractivity contribution in [3.63, 3.8) is 0 Å². The van der Waals surface area contributed by atoms with Gasteiger partial charge in [-0.05, 0) is 51.7 Å². The number of nitrogen functional groups attached to an aromatic ring is 1. The van der Waals surface area contributed by atoms with Crippen molar-refractivity contribution in [2.75, 3.05) is 38.2 Å². The molecule has 3 aromatic rings. The molecule has 0 aliphatic carbocycles. The minimum Gasteiger partial charge on any atom is -0.453 e. The molecule has 0 saturated carbocycles. The third-order valence-corrected chi connectivity index (χ3v) is 5.05. The highest BCUT2D eigenvalue weighted by Gasteiger charge is 2.17. The molecule has 0 aliphatic heterocycles. The van der Waals surface area contributed by atoms with Crippen LogP contribution in [-0.4, -0.2) is 32.1 Å². The van der Waals surface area contributed by atoms with Gasteiger partial charge in [0.05, 0.1) is 16.8 Å². The summed E-state index contributed by atoms with van der Waals surface area (Å²) in [5.74, 6) is -2.64. The summed E-state index contributed by atoms with van der Waals surface area (Å²) in [6.45, 7) is 1.69. The zero-order chi connectivity index (χ0) is 22.5. The summed E-state index contributed by atoms with van der Waals surface area (Å²) in [4.78, 5) is 14.5. The molecule has 5 nitrogen and oxygen atoms in total. The van der Waals surface area contributed by atoms with Crippen molar-refractivity contribution in [1.82, 2.24) is 4.90 Å². The first kappa shape index (κ1) is 22.7. The van der Waals surface area contributed by atoms with Crippen LogP contribution in [0.2, 0.25) is 0 Å². The second-order valence-electron chi connectivity index (χ2n) is 7.77. The number of nitrogens with zero attached hydrogens (tertiary/aromatic N) is 1. The summed E-state index contributed by atoms with van der Waals surface area (Å²) in [6, 6.07) is 5.91. The molecule has 1 aromatic heterocycles. The lowest BCUT2D eigenvalue weighted by Crippen LogP contribution is -2.12. The molecule has 3 N–H and O–H groups in total. The van der Waals surface area contributed by atoms with Crippen molar-refractivity contribution in [3.8, 4) is 11.3 Å². The molecular formula is C23H26F3N3O2. The fourth-order valence-electron chi connectivity index (χ4n) is 3.37. The Morgan fingerprint density at radius 1 is 0.968 bits per heavy atom. The molecule has 3 rings (SSSR count). The fraction of sp³-hybridized carbons (Fsp3) is 0.348. The van der Waals surface area contributed by atoms with E-state index >= 15 is 0 Å². The molecule has 2 aromatic carbocycles. The van der Waals surface area contributed by atoms with E-state index < -0.39 is 34.2 Å². The summed E-state index contributed by atoms with van der Waals surface area (Å²) in [5, 5.41) is 2.69. The van der Waals surface area contributed by atoms with Crippen LogP contribution in [0.3, 0.4) is 0 Å². The molecule has 0 atom stereocenters. The van der Waals surface area contributed by atoms with E-state index in [-0.39, 0.29) is 16.7 Å². The summed E-state index contributed by atoms with van der Waals surface area (Å²) in [6.07, 6.45) is 4.22. The Hall–Kier alpha value is -3.00. The normalized spacial score (nSPS) is 11.4. The van der Waals surface area contributed by atoms with Gasteiger partial charge in [0.15, 0.2) is 16.8 Å². The Labute approximate surface area is 178 Å². The van der Waals surface area contributed by atoms with Gasteiger partial charge in [0.1, 0.15) is 17.4 Å². The Balaban J connectivity index is 1.71. The average Bonchev–Trinajstić information content (AvgIpc) is 2.71. The van der Waals surface area contributed by atoms with E-state index in [1.165, 1.54) is 12.1 Å². The fourth-order valence-corrected chi connectivity index (χ4v) is 3.37. The lowest BCUT2D eigenvalue weighted by molar-refractivity contribution is 0.391. The van der Waals surface area contributed by atoms with Gasteiger partial charge in [-0.25, -0.2) is 13.2 Å². The first-order valence-corrected chi connectivity index (χ1v) is 10.2. The van der Waals surface area contributed by atoms with Crippen LogP contribution in [0.4, 0.5) is 24.5 Å². The number of anilines is 2. The highest BCUT2D eigenvalue weighted by molar-refractivity contribution is 5.90. The van der Waals surface area contributed by atoms with Crippen LogP contribution >= 0.6 is 0 Å². The van der Waals surface area contributed by atoms with Gasteiger partial charge in [-0.2, -0.15) is 0 Å². The number of nitrogens with two attached hydrogens (primary N) is 1. The van der Waals surface area contributed by atoms with Crippen molar-refractivity contribution in [2.45, 2.75) is 25.7 Å². The zero-order valence-electron chi connectivity index (χ0n) is 17.6. The van der Waals surface area contributed by atoms with Crippen molar-refractivity contribution < 1.29 is 17.6 Å². The lowest BCUT2D eigenvalue weighted by Gasteiger charge is -2.11. The minimum absolute atomic E-state index is 0.0336. The zero-order valence-corrected chi connectivity index (χ0v) is 17.6. The minimum atomic E-state index is -1.05. The maximum absolute atomic E-state index is 14.5. The number of hydrogen-bond acceptors (Lipinski definition) is 5. The van der Waals surface area contributed by atoms with Gasteiger partial charge in [0, 0.05) is 24.2 Å². The molecule has 31 heavy (non-hydrogen) atoms. The number of benzene rings is 2. The number of nitrogens with one attached hydrogen (secondary N) is 1. The van der Waals surface area contributed by atoms with Gasteiger partial charge >= 0.3 is 0 Å². The largest absolute Gasteiger partial charge is 0.453 e. The van der Waals surface area contributed by atoms with Gasteiger partial charge in [-0.3, -0.25) is 4.79 Å². The van der Waals surface area contributed by atoms with Crippen LogP contribution in [0.15, 0.2) is 39.5 Å². The monoisotopic (exact) mass is 433 g/mol. The SMILES string of the molecule is CN(C)CCCCCCNc1ccc(-c2cc(=O)c3c(N)c(F)cc(F)c3o2)cc1F. The third kappa shape index (κ3) is 5.38. The number of rotatable bonds is 9. The molecule has 1 heterocycles. The molecule has 0 radical (unpaired) electrons. The van der Waals surface area contributed by atoms with Gasteiger partial charge in [-0.1, -0.05) is 12.8 Å². The quantitative estimate of drug-likeness (QED) is 0.367. The number of unbranched alkanes of at least 4 members (excludes halogenated alkanes) is 3. The van der Waals surface area contributed by atoms with Crippen LogP contribution in [0.25, 0.3) is 22.3 Å². The first-order valence-electron chi connectivity index (χ1n) is 10.2. The van der Waals surface area contributed by atoms with Gasteiger partial charge < -0.3 is 20.4 Å². The summed E-state index contributed by atoms with van der Waals surface area (Å²) in [5.41, 5.74) is 4.49. The van der Waals surface area contributed by atoms with E-state index in [2.05, 4.69) is 10.2 Å². The predicted molar refractivity (Wildman–Crippen MR) is 118 cm³/mol. The van der Waals surface area contributed by atoms with Crippen LogP contribution < -0.4 is 16.5 Å². The van der Waals surface area contributed by atoms with E-state index in [4.69, 9.17) is 10.2 Å². The van der Waals surface area contributed by atoms with E-state index in [1.54, 1.807) is 6.07 Å². The maximum Gasteiger partial charge on any atom is 0.195 e. The lowest BCUT2D eigenvalue weighted by atomic mass is 10.1. The van der Waals surface area contributed by atoms with Crippen LogP contribution in [0.5, 0.6) is 0 Å². The third-order valence-electron chi connectivity index (χ3n) is 5.05. The molecule has 0 amide bonds. The molecule has 166 valence electrons. The Morgan fingerprint density at radius 3 is 2.42 bits per heavy atom. The van der Waals surface area contributed by atoms with E-state index in [9.17, 15) is 18.0 Å². The summed E-state index contributed by atoms with van der Waals surface area (Å²) >= 11 is 0. The Morgan fingerprint density at radius 2 is 1.71 bits per heavy atom. The molecule has 0 unspecified atom stereocenters. The molecule has 0 spiro atoms. The van der Waals surface area contributed by atoms with E-state index in [0.29, 0.717) is 18.3 Å². The van der Waals surface area contributed by atoms with Gasteiger partial charge in [0.2, 0.25) is 0 Å². The van der Waals surface area contributed by atoms with Gasteiger partial charge in [-0.15, -0.1) is 0 Å². The second-order valence-corrected chi connectivity index (χ2v) is 7.77. The second kappa shape index (κ2) is 9.87. The maximum atomic E-state index is 14.5. The molecule has 0 saturated heterocycles. The highest BCUT2D eigenvalue weighted by atomic mass is 19.1. The van der Waals surface area contributed by atoms with Crippen molar-refractivity contribution in [3.05, 3.63) is 58.0 Å². The smallest absolute Gasteiger partial charge is 0.195 e. The van der Waals surface area contributed by atoms with Crippen LogP contribution in [-0.2, 0) is 0 Å². The Bertz CT molecular complexity index is 1130. The van der Waals surface area contributed by atoms with Crippen LogP contribution in [0, 0.1) is 17.5 Å². The van der Waals surface area contributed by atoms with E-state index in [1.807, 2.05) is 14.1 Å². The topological polar surface area (TPSA) is 71.5 Å². The summed E-state index contributed by atoms with van der Waals surface area (Å²) < 4.78 is 47.7. The average molecular weight is 433 g/mol. The number of halogens is 3. The molecule has 8 heteroatoms. The standard InChI is InChI=1S/C23H26F3N3O2/c1-29(2)10-6-4-3-5-9-28-18-8-7-14(11-15(18)24)20-13-19(30)21-22(27)16(25)12-17(26)23(21)31-20/h7-8,11-13,28H,3-6,9-10,27H2,1-2H3. The van der Waals surface area contributed by atoms with Gasteiger partial charge in [0.25, 0.3) is 0 Å². The number of fused-ring (bicyclic) bond motifs is 1. The summed E-state index contributed by atoms with van der Waals surface area (Å²) in [7, 11) is 4.09. The van der Waals surface area contributed by atoms with Crippen molar-refractivity contribution >= 4 is 22.3 Å². The number of hydrogen-bond donors (Lipinski definition) is 2.